The average molecular weight is 514 g/mol. The van der Waals surface area contributed by atoms with E-state index < -0.39 is 11.5 Å². The van der Waals surface area contributed by atoms with Crippen LogP contribution in [0.2, 0.25) is 0 Å². The van der Waals surface area contributed by atoms with Crippen LogP contribution in [0.5, 0.6) is 0 Å². The van der Waals surface area contributed by atoms with E-state index in [4.69, 9.17) is 9.47 Å². The standard InChI is InChI=1S/C31H35N3O4/c1-4-34-28(33-30(36)38-21(2)22-8-6-5-7-9-22)27(20-32-34)25-12-10-23(11-13-25)24-14-16-26(17-15-24)31(18-19-31)29(35)37-3/h5-9,12,14-17,20-21,23H,4,10-11,13,18-19H2,1-3H3,(H,33,36)/t21-,23?/m1/s1. The third-order valence-corrected chi connectivity index (χ3v) is 7.93. The molecule has 5 rings (SSSR count). The second kappa shape index (κ2) is 10.9. The van der Waals surface area contributed by atoms with Crippen LogP contribution in [0, 0.1) is 0 Å². The summed E-state index contributed by atoms with van der Waals surface area (Å²) in [4.78, 5) is 25.0. The number of allylic oxidation sites excluding steroid dienone is 2. The Balaban J connectivity index is 1.26. The molecule has 0 saturated heterocycles. The number of ether oxygens (including phenoxy) is 2. The molecule has 1 aromatic heterocycles. The summed E-state index contributed by atoms with van der Waals surface area (Å²) >= 11 is 0. The first-order valence-corrected chi connectivity index (χ1v) is 13.4. The number of carbonyl (C=O) groups is 2. The average Bonchev–Trinajstić information content (AvgIpc) is 3.68. The van der Waals surface area contributed by atoms with Crippen molar-refractivity contribution in [1.29, 1.82) is 0 Å². The summed E-state index contributed by atoms with van der Waals surface area (Å²) in [5.41, 5.74) is 4.97. The van der Waals surface area contributed by atoms with E-state index in [2.05, 4.69) is 40.8 Å². The summed E-state index contributed by atoms with van der Waals surface area (Å²) in [5, 5.41) is 7.46. The molecule has 1 N–H and O–H groups in total. The van der Waals surface area contributed by atoms with Gasteiger partial charge < -0.3 is 9.47 Å². The van der Waals surface area contributed by atoms with Crippen molar-refractivity contribution in [1.82, 2.24) is 9.78 Å². The molecule has 0 radical (unpaired) electrons. The zero-order valence-corrected chi connectivity index (χ0v) is 22.3. The maximum atomic E-state index is 12.8. The quantitative estimate of drug-likeness (QED) is 0.336. The molecule has 0 bridgehead atoms. The number of carbonyl (C=O) groups excluding carboxylic acids is 2. The van der Waals surface area contributed by atoms with E-state index >= 15 is 0 Å². The van der Waals surface area contributed by atoms with Gasteiger partial charge in [-0.2, -0.15) is 5.10 Å². The number of amides is 1. The summed E-state index contributed by atoms with van der Waals surface area (Å²) in [7, 11) is 1.46. The molecule has 7 nitrogen and oxygen atoms in total. The second-order valence-corrected chi connectivity index (χ2v) is 10.2. The van der Waals surface area contributed by atoms with Crippen molar-refractivity contribution in [2.75, 3.05) is 12.4 Å². The predicted molar refractivity (Wildman–Crippen MR) is 147 cm³/mol. The van der Waals surface area contributed by atoms with E-state index in [0.717, 1.165) is 48.8 Å². The minimum absolute atomic E-state index is 0.133. The van der Waals surface area contributed by atoms with Gasteiger partial charge in [-0.15, -0.1) is 0 Å². The van der Waals surface area contributed by atoms with Crippen LogP contribution in [0.15, 0.2) is 66.9 Å². The number of aromatic nitrogens is 2. The molecule has 0 aliphatic heterocycles. The van der Waals surface area contributed by atoms with Crippen LogP contribution in [-0.2, 0) is 26.2 Å². The van der Waals surface area contributed by atoms with E-state index in [1.807, 2.05) is 50.4 Å². The van der Waals surface area contributed by atoms with Crippen LogP contribution in [0.3, 0.4) is 0 Å². The third kappa shape index (κ3) is 5.10. The monoisotopic (exact) mass is 513 g/mol. The minimum Gasteiger partial charge on any atom is -0.468 e. The summed E-state index contributed by atoms with van der Waals surface area (Å²) in [5.74, 6) is 0.950. The summed E-state index contributed by atoms with van der Waals surface area (Å²) in [6.45, 7) is 4.50. The van der Waals surface area contributed by atoms with E-state index in [0.29, 0.717) is 18.3 Å². The lowest BCUT2D eigenvalue weighted by Gasteiger charge is -2.23. The van der Waals surface area contributed by atoms with Crippen molar-refractivity contribution in [3.63, 3.8) is 0 Å². The number of benzene rings is 2. The Hall–Kier alpha value is -3.87. The van der Waals surface area contributed by atoms with Crippen LogP contribution in [0.25, 0.3) is 5.57 Å². The molecule has 2 aliphatic carbocycles. The number of hydrogen-bond acceptors (Lipinski definition) is 5. The number of esters is 1. The topological polar surface area (TPSA) is 82.5 Å². The van der Waals surface area contributed by atoms with Gasteiger partial charge in [0.1, 0.15) is 11.9 Å². The normalized spacial score (nSPS) is 18.7. The third-order valence-electron chi connectivity index (χ3n) is 7.93. The van der Waals surface area contributed by atoms with Crippen molar-refractivity contribution < 1.29 is 19.1 Å². The molecular formula is C31H35N3O4. The van der Waals surface area contributed by atoms with Gasteiger partial charge in [-0.05, 0) is 74.1 Å². The van der Waals surface area contributed by atoms with Gasteiger partial charge in [0.15, 0.2) is 0 Å². The first kappa shape index (κ1) is 25.8. The van der Waals surface area contributed by atoms with E-state index in [-0.39, 0.29) is 12.1 Å². The van der Waals surface area contributed by atoms with Crippen LogP contribution in [0.1, 0.15) is 80.2 Å². The van der Waals surface area contributed by atoms with Crippen molar-refractivity contribution in [3.8, 4) is 0 Å². The van der Waals surface area contributed by atoms with Crippen LogP contribution in [0.4, 0.5) is 10.6 Å². The highest BCUT2D eigenvalue weighted by Gasteiger charge is 2.52. The van der Waals surface area contributed by atoms with Crippen molar-refractivity contribution >= 4 is 23.5 Å². The molecule has 2 atom stereocenters. The van der Waals surface area contributed by atoms with Crippen LogP contribution in [-0.4, -0.2) is 29.0 Å². The van der Waals surface area contributed by atoms with E-state index in [1.165, 1.54) is 18.2 Å². The van der Waals surface area contributed by atoms with Crippen molar-refractivity contribution in [2.24, 2.45) is 0 Å². The number of rotatable bonds is 8. The first-order valence-electron chi connectivity index (χ1n) is 13.4. The Labute approximate surface area is 223 Å². The van der Waals surface area contributed by atoms with Crippen molar-refractivity contribution in [3.05, 3.63) is 89.1 Å². The largest absolute Gasteiger partial charge is 0.468 e. The highest BCUT2D eigenvalue weighted by Crippen LogP contribution is 2.49. The van der Waals surface area contributed by atoms with Crippen LogP contribution < -0.4 is 5.32 Å². The Kier molecular flexibility index (Phi) is 7.36. The molecule has 1 unspecified atom stereocenters. The Morgan fingerprint density at radius 3 is 2.47 bits per heavy atom. The van der Waals surface area contributed by atoms with Gasteiger partial charge in [-0.25, -0.2) is 9.48 Å². The number of anilines is 1. The number of aryl methyl sites for hydroxylation is 1. The fraction of sp³-hybridized carbons (Fsp3) is 0.387. The van der Waals surface area contributed by atoms with E-state index in [9.17, 15) is 9.59 Å². The molecule has 2 aromatic carbocycles. The maximum absolute atomic E-state index is 12.8. The van der Waals surface area contributed by atoms with Gasteiger partial charge in [0, 0.05) is 12.1 Å². The highest BCUT2D eigenvalue weighted by molar-refractivity contribution is 5.89. The lowest BCUT2D eigenvalue weighted by atomic mass is 9.82. The van der Waals surface area contributed by atoms with Gasteiger partial charge >= 0.3 is 12.1 Å². The van der Waals surface area contributed by atoms with Gasteiger partial charge in [0.2, 0.25) is 0 Å². The van der Waals surface area contributed by atoms with Gasteiger partial charge in [0.05, 0.1) is 18.7 Å². The first-order chi connectivity index (χ1) is 18.4. The molecule has 7 heteroatoms. The lowest BCUT2D eigenvalue weighted by molar-refractivity contribution is -0.143. The molecule has 1 amide bonds. The van der Waals surface area contributed by atoms with Gasteiger partial charge in [0.25, 0.3) is 0 Å². The molecule has 3 aromatic rings. The Bertz CT molecular complexity index is 1320. The molecule has 2 aliphatic rings. The SMILES string of the molecule is CCn1ncc(C2=CCC(c3ccc(C4(C(=O)OC)CC4)cc3)CC2)c1NC(=O)O[C@H](C)c1ccccc1. The number of hydrogen-bond donors (Lipinski definition) is 1. The van der Waals surface area contributed by atoms with Gasteiger partial charge in [-0.3, -0.25) is 10.1 Å². The molecule has 38 heavy (non-hydrogen) atoms. The molecular weight excluding hydrogens is 478 g/mol. The second-order valence-electron chi connectivity index (χ2n) is 10.2. The summed E-state index contributed by atoms with van der Waals surface area (Å²) in [6, 6.07) is 18.2. The number of nitrogens with zero attached hydrogens (tertiary/aromatic N) is 2. The molecule has 0 spiro atoms. The number of methoxy groups -OCH3 is 1. The summed E-state index contributed by atoms with van der Waals surface area (Å²) < 4.78 is 12.5. The fourth-order valence-corrected chi connectivity index (χ4v) is 5.46. The molecule has 1 heterocycles. The van der Waals surface area contributed by atoms with Gasteiger partial charge in [-0.1, -0.05) is 60.7 Å². The highest BCUT2D eigenvalue weighted by atomic mass is 16.6. The molecule has 198 valence electrons. The lowest BCUT2D eigenvalue weighted by Crippen LogP contribution is -2.21. The fourth-order valence-electron chi connectivity index (χ4n) is 5.46. The van der Waals surface area contributed by atoms with Crippen LogP contribution >= 0.6 is 0 Å². The Morgan fingerprint density at radius 1 is 1.13 bits per heavy atom. The molecule has 1 fully saturated rings. The van der Waals surface area contributed by atoms with Crippen molar-refractivity contribution in [2.45, 2.75) is 69.9 Å². The Morgan fingerprint density at radius 2 is 1.87 bits per heavy atom. The zero-order valence-electron chi connectivity index (χ0n) is 22.3. The minimum atomic E-state index is -0.493. The zero-order chi connectivity index (χ0) is 26.7. The summed E-state index contributed by atoms with van der Waals surface area (Å²) in [6.07, 6.45) is 7.75. The van der Waals surface area contributed by atoms with E-state index in [1.54, 1.807) is 4.68 Å². The maximum Gasteiger partial charge on any atom is 0.413 e. The smallest absolute Gasteiger partial charge is 0.413 e. The molecule has 1 saturated carbocycles. The number of nitrogens with one attached hydrogen (secondary N) is 1. The predicted octanol–water partition coefficient (Wildman–Crippen LogP) is 6.77.